The van der Waals surface area contributed by atoms with Crippen LogP contribution in [-0.2, 0) is 13.5 Å². The molecular weight excluding hydrogens is 230 g/mol. The number of para-hydroxylation sites is 1. The van der Waals surface area contributed by atoms with Gasteiger partial charge in [-0.05, 0) is 55.6 Å². The normalized spacial score (nSPS) is 29.5. The van der Waals surface area contributed by atoms with Crippen LogP contribution in [0.1, 0.15) is 36.9 Å². The van der Waals surface area contributed by atoms with E-state index in [-0.39, 0.29) is 0 Å². The van der Waals surface area contributed by atoms with E-state index in [0.717, 1.165) is 17.8 Å². The molecule has 0 spiro atoms. The maximum Gasteiger partial charge on any atom is 0.0482 e. The average Bonchev–Trinajstić information content (AvgIpc) is 3.10. The number of rotatable bonds is 2. The van der Waals surface area contributed by atoms with E-state index in [4.69, 9.17) is 0 Å². The fraction of sp³-hybridized carbons (Fsp3) is 0.556. The summed E-state index contributed by atoms with van der Waals surface area (Å²) in [6, 6.07) is 8.91. The molecule has 1 heterocycles. The van der Waals surface area contributed by atoms with E-state index in [1.165, 1.54) is 48.7 Å². The topological polar surface area (TPSA) is 4.93 Å². The van der Waals surface area contributed by atoms with Gasteiger partial charge < -0.3 is 4.57 Å². The molecule has 0 bridgehead atoms. The van der Waals surface area contributed by atoms with Crippen molar-refractivity contribution in [2.45, 2.75) is 39.0 Å². The number of hydrogen-bond donors (Lipinski definition) is 0. The van der Waals surface area contributed by atoms with Gasteiger partial charge in [0, 0.05) is 23.6 Å². The van der Waals surface area contributed by atoms with Crippen molar-refractivity contribution in [2.75, 3.05) is 0 Å². The van der Waals surface area contributed by atoms with Crippen LogP contribution in [0.3, 0.4) is 0 Å². The summed E-state index contributed by atoms with van der Waals surface area (Å²) in [7, 11) is 2.21. The Morgan fingerprint density at radius 3 is 2.53 bits per heavy atom. The average molecular weight is 253 g/mol. The third-order valence-electron chi connectivity index (χ3n) is 5.80. The molecule has 0 saturated heterocycles. The highest BCUT2D eigenvalue weighted by Gasteiger charge is 2.50. The number of nitrogens with zero attached hydrogens (tertiary/aromatic N) is 1. The summed E-state index contributed by atoms with van der Waals surface area (Å²) in [5, 5.41) is 1.49. The quantitative estimate of drug-likeness (QED) is 0.744. The second kappa shape index (κ2) is 4.13. The van der Waals surface area contributed by atoms with Gasteiger partial charge in [0.05, 0.1) is 0 Å². The first-order valence-electron chi connectivity index (χ1n) is 7.80. The van der Waals surface area contributed by atoms with E-state index >= 15 is 0 Å². The third kappa shape index (κ3) is 1.67. The predicted molar refractivity (Wildman–Crippen MR) is 80.3 cm³/mol. The van der Waals surface area contributed by atoms with Crippen molar-refractivity contribution in [3.8, 4) is 0 Å². The third-order valence-corrected chi connectivity index (χ3v) is 5.80. The molecule has 1 heteroatoms. The van der Waals surface area contributed by atoms with E-state index in [9.17, 15) is 0 Å². The summed E-state index contributed by atoms with van der Waals surface area (Å²) in [5.41, 5.74) is 4.50. The number of benzene rings is 1. The Kier molecular flexibility index (Phi) is 2.51. The molecule has 4 rings (SSSR count). The standard InChI is InChI=1S/C18H23N/c1-12-16(11-17-13-7-3-4-8-14(13)17)15-9-5-6-10-18(15)19(12)2/h5-6,9-10,13-14,17H,3-4,7-8,11H2,1-2H3/t13-,14+,17?. The first-order chi connectivity index (χ1) is 9.27. The van der Waals surface area contributed by atoms with Gasteiger partial charge in [-0.25, -0.2) is 0 Å². The van der Waals surface area contributed by atoms with Crippen molar-refractivity contribution in [2.24, 2.45) is 24.8 Å². The van der Waals surface area contributed by atoms with Crippen molar-refractivity contribution in [3.05, 3.63) is 35.5 Å². The second-order valence-corrected chi connectivity index (χ2v) is 6.62. The second-order valence-electron chi connectivity index (χ2n) is 6.62. The van der Waals surface area contributed by atoms with E-state index in [1.54, 1.807) is 5.56 Å². The monoisotopic (exact) mass is 253 g/mol. The fourth-order valence-electron chi connectivity index (χ4n) is 4.54. The maximum absolute atomic E-state index is 2.37. The van der Waals surface area contributed by atoms with Gasteiger partial charge in [0.2, 0.25) is 0 Å². The molecule has 0 N–H and O–H groups in total. The van der Waals surface area contributed by atoms with Crippen LogP contribution in [0.4, 0.5) is 0 Å². The summed E-state index contributed by atoms with van der Waals surface area (Å²) >= 11 is 0. The van der Waals surface area contributed by atoms with Gasteiger partial charge in [0.1, 0.15) is 0 Å². The number of hydrogen-bond acceptors (Lipinski definition) is 0. The van der Waals surface area contributed by atoms with Gasteiger partial charge in [-0.15, -0.1) is 0 Å². The van der Waals surface area contributed by atoms with Gasteiger partial charge in [-0.3, -0.25) is 0 Å². The fourth-order valence-corrected chi connectivity index (χ4v) is 4.54. The maximum atomic E-state index is 2.37. The number of aromatic nitrogens is 1. The minimum Gasteiger partial charge on any atom is -0.348 e. The largest absolute Gasteiger partial charge is 0.348 e. The Morgan fingerprint density at radius 1 is 1.11 bits per heavy atom. The van der Waals surface area contributed by atoms with Crippen LogP contribution in [0.15, 0.2) is 24.3 Å². The zero-order chi connectivity index (χ0) is 13.0. The molecule has 1 aromatic carbocycles. The minimum absolute atomic E-state index is 0.993. The van der Waals surface area contributed by atoms with Crippen LogP contribution in [0.5, 0.6) is 0 Å². The molecule has 0 amide bonds. The van der Waals surface area contributed by atoms with Gasteiger partial charge in [-0.2, -0.15) is 0 Å². The molecule has 2 saturated carbocycles. The Bertz CT molecular complexity index is 610. The highest BCUT2D eigenvalue weighted by atomic mass is 14.9. The van der Waals surface area contributed by atoms with Crippen LogP contribution >= 0.6 is 0 Å². The van der Waals surface area contributed by atoms with Crippen molar-refractivity contribution < 1.29 is 0 Å². The highest BCUT2D eigenvalue weighted by Crippen LogP contribution is 2.57. The number of aryl methyl sites for hydroxylation is 1. The molecule has 1 nitrogen and oxygen atoms in total. The van der Waals surface area contributed by atoms with Crippen LogP contribution in [0.2, 0.25) is 0 Å². The summed E-state index contributed by atoms with van der Waals surface area (Å²) < 4.78 is 2.37. The van der Waals surface area contributed by atoms with Gasteiger partial charge >= 0.3 is 0 Å². The molecule has 1 unspecified atom stereocenters. The molecule has 2 fully saturated rings. The molecule has 0 radical (unpaired) electrons. The zero-order valence-electron chi connectivity index (χ0n) is 12.0. The predicted octanol–water partition coefficient (Wildman–Crippen LogP) is 4.47. The van der Waals surface area contributed by atoms with Crippen LogP contribution < -0.4 is 0 Å². The van der Waals surface area contributed by atoms with Crippen molar-refractivity contribution in [1.29, 1.82) is 0 Å². The Morgan fingerprint density at radius 2 is 1.79 bits per heavy atom. The molecule has 1 aromatic heterocycles. The van der Waals surface area contributed by atoms with Crippen LogP contribution in [-0.4, -0.2) is 4.57 Å². The zero-order valence-corrected chi connectivity index (χ0v) is 12.0. The van der Waals surface area contributed by atoms with E-state index in [0.29, 0.717) is 0 Å². The Balaban J connectivity index is 1.70. The van der Waals surface area contributed by atoms with E-state index < -0.39 is 0 Å². The minimum atomic E-state index is 0.993. The SMILES string of the molecule is Cc1c(CC2[C@H]3CCCC[C@@H]23)c2ccccc2n1C. The van der Waals surface area contributed by atoms with Crippen molar-refractivity contribution in [1.82, 2.24) is 4.57 Å². The van der Waals surface area contributed by atoms with Crippen molar-refractivity contribution in [3.63, 3.8) is 0 Å². The molecule has 2 aliphatic rings. The Hall–Kier alpha value is -1.24. The van der Waals surface area contributed by atoms with Crippen molar-refractivity contribution >= 4 is 10.9 Å². The van der Waals surface area contributed by atoms with Gasteiger partial charge in [0.25, 0.3) is 0 Å². The summed E-state index contributed by atoms with van der Waals surface area (Å²) in [6.07, 6.45) is 7.28. The smallest absolute Gasteiger partial charge is 0.0482 e. The molecule has 2 aromatic rings. The lowest BCUT2D eigenvalue weighted by molar-refractivity contribution is 0.480. The molecule has 19 heavy (non-hydrogen) atoms. The van der Waals surface area contributed by atoms with Crippen LogP contribution in [0.25, 0.3) is 10.9 Å². The van der Waals surface area contributed by atoms with E-state index in [2.05, 4.69) is 42.8 Å². The first kappa shape index (κ1) is 11.6. The summed E-state index contributed by atoms with van der Waals surface area (Å²) in [6.45, 7) is 2.29. The lowest BCUT2D eigenvalue weighted by atomic mass is 10.0. The molecule has 2 aliphatic carbocycles. The molecule has 100 valence electrons. The Labute approximate surface area is 115 Å². The molecule has 0 aliphatic heterocycles. The lowest BCUT2D eigenvalue weighted by Crippen LogP contribution is -1.95. The van der Waals surface area contributed by atoms with E-state index in [1.807, 2.05) is 0 Å². The van der Waals surface area contributed by atoms with Gasteiger partial charge in [0.15, 0.2) is 0 Å². The van der Waals surface area contributed by atoms with Crippen LogP contribution in [0, 0.1) is 24.7 Å². The van der Waals surface area contributed by atoms with Gasteiger partial charge in [-0.1, -0.05) is 31.0 Å². The molecular formula is C18H23N. The number of fused-ring (bicyclic) bond motifs is 2. The highest BCUT2D eigenvalue weighted by molar-refractivity contribution is 5.85. The molecule has 3 atom stereocenters. The summed E-state index contributed by atoms with van der Waals surface area (Å²) in [5.74, 6) is 3.12. The first-order valence-corrected chi connectivity index (χ1v) is 7.80. The lowest BCUT2D eigenvalue weighted by Gasteiger charge is -2.04. The summed E-state index contributed by atoms with van der Waals surface area (Å²) in [4.78, 5) is 0.